The highest BCUT2D eigenvalue weighted by Crippen LogP contribution is 2.28. The van der Waals surface area contributed by atoms with Crippen molar-refractivity contribution < 1.29 is 14.4 Å². The molecule has 1 aliphatic rings. The van der Waals surface area contributed by atoms with Crippen LogP contribution in [0.4, 0.5) is 11.4 Å². The summed E-state index contributed by atoms with van der Waals surface area (Å²) >= 11 is 0. The number of hydrogen-bond acceptors (Lipinski definition) is 9. The lowest BCUT2D eigenvalue weighted by molar-refractivity contribution is -0.384. The fourth-order valence-electron chi connectivity index (χ4n) is 2.93. The number of nitro groups is 1. The maximum Gasteiger partial charge on any atom is 0.269 e. The van der Waals surface area contributed by atoms with Gasteiger partial charge in [0, 0.05) is 17.8 Å². The van der Waals surface area contributed by atoms with Crippen molar-refractivity contribution in [2.45, 2.75) is 19.5 Å². The second kappa shape index (κ2) is 8.05. The molecule has 0 unspecified atom stereocenters. The van der Waals surface area contributed by atoms with E-state index in [2.05, 4.69) is 9.98 Å². The molecule has 0 amide bonds. The molecule has 0 saturated carbocycles. The van der Waals surface area contributed by atoms with Crippen LogP contribution < -0.4 is 25.8 Å². The average Bonchev–Trinajstić information content (AvgIpc) is 2.65. The molecule has 2 aromatic rings. The lowest BCUT2D eigenvalue weighted by Crippen LogP contribution is -2.54. The Balaban J connectivity index is 1.53. The van der Waals surface area contributed by atoms with E-state index in [1.165, 1.54) is 12.1 Å². The summed E-state index contributed by atoms with van der Waals surface area (Å²) in [5.74, 6) is 1.62. The van der Waals surface area contributed by atoms with E-state index < -0.39 is 10.6 Å². The molecule has 10 heteroatoms. The van der Waals surface area contributed by atoms with Gasteiger partial charge in [0.1, 0.15) is 30.4 Å². The number of anilines is 1. The maximum absolute atomic E-state index is 10.6. The van der Waals surface area contributed by atoms with Crippen LogP contribution in [0.5, 0.6) is 11.5 Å². The summed E-state index contributed by atoms with van der Waals surface area (Å²) in [5.41, 5.74) is 11.9. The average molecular weight is 398 g/mol. The third kappa shape index (κ3) is 4.72. The van der Waals surface area contributed by atoms with Crippen LogP contribution in [0.15, 0.2) is 58.5 Å². The van der Waals surface area contributed by atoms with Gasteiger partial charge < -0.3 is 20.9 Å². The fraction of sp³-hybridized carbons (Fsp3) is 0.263. The van der Waals surface area contributed by atoms with Crippen LogP contribution in [0.1, 0.15) is 13.8 Å². The quantitative estimate of drug-likeness (QED) is 0.414. The third-order valence-electron chi connectivity index (χ3n) is 4.16. The number of rotatable bonds is 7. The highest BCUT2D eigenvalue weighted by atomic mass is 16.6. The second-order valence-corrected chi connectivity index (χ2v) is 6.71. The Kier molecular flexibility index (Phi) is 5.53. The molecule has 29 heavy (non-hydrogen) atoms. The van der Waals surface area contributed by atoms with Gasteiger partial charge in [-0.2, -0.15) is 4.99 Å². The van der Waals surface area contributed by atoms with Crippen molar-refractivity contribution in [1.82, 2.24) is 0 Å². The third-order valence-corrected chi connectivity index (χ3v) is 4.16. The van der Waals surface area contributed by atoms with Gasteiger partial charge in [-0.15, -0.1) is 0 Å². The monoisotopic (exact) mass is 398 g/mol. The Hall–Kier alpha value is -3.82. The van der Waals surface area contributed by atoms with Crippen molar-refractivity contribution in [2.24, 2.45) is 21.5 Å². The van der Waals surface area contributed by atoms with Crippen molar-refractivity contribution in [1.29, 1.82) is 0 Å². The molecule has 10 nitrogen and oxygen atoms in total. The van der Waals surface area contributed by atoms with E-state index in [1.54, 1.807) is 17.0 Å². The fourth-order valence-corrected chi connectivity index (χ4v) is 2.93. The number of nitrogens with two attached hydrogens (primary N) is 2. The topological polar surface area (TPSA) is 142 Å². The molecule has 0 fully saturated rings. The highest BCUT2D eigenvalue weighted by molar-refractivity contribution is 6.05. The first-order valence-corrected chi connectivity index (χ1v) is 8.86. The minimum absolute atomic E-state index is 0.0182. The van der Waals surface area contributed by atoms with Gasteiger partial charge in [-0.05, 0) is 50.2 Å². The van der Waals surface area contributed by atoms with Crippen LogP contribution in [-0.2, 0) is 0 Å². The first-order valence-electron chi connectivity index (χ1n) is 8.86. The predicted molar refractivity (Wildman–Crippen MR) is 110 cm³/mol. The first-order chi connectivity index (χ1) is 13.8. The number of nitrogens with zero attached hydrogens (tertiary/aromatic N) is 4. The molecule has 0 spiro atoms. The summed E-state index contributed by atoms with van der Waals surface area (Å²) in [6, 6.07) is 13.2. The van der Waals surface area contributed by atoms with Crippen LogP contribution in [-0.4, -0.2) is 35.7 Å². The van der Waals surface area contributed by atoms with E-state index in [9.17, 15) is 10.1 Å². The van der Waals surface area contributed by atoms with Crippen LogP contribution in [0.2, 0.25) is 0 Å². The molecule has 0 aliphatic carbocycles. The molecule has 3 rings (SSSR count). The molecule has 0 bridgehead atoms. The van der Waals surface area contributed by atoms with E-state index in [4.69, 9.17) is 20.9 Å². The summed E-state index contributed by atoms with van der Waals surface area (Å²) in [6.45, 7) is 4.39. The largest absolute Gasteiger partial charge is 0.490 e. The number of nitro benzene ring substituents is 1. The molecule has 1 heterocycles. The summed E-state index contributed by atoms with van der Waals surface area (Å²) in [6.07, 6.45) is 0. The van der Waals surface area contributed by atoms with E-state index >= 15 is 0 Å². The van der Waals surface area contributed by atoms with Crippen molar-refractivity contribution in [3.05, 3.63) is 58.6 Å². The zero-order valence-electron chi connectivity index (χ0n) is 16.1. The van der Waals surface area contributed by atoms with Crippen LogP contribution in [0.25, 0.3) is 0 Å². The molecular formula is C19H22N6O4. The standard InChI is InChI=1S/C19H22N6O4/c1-19(2)23-17(20)22-18(21)24(19)13-3-7-15(8-4-13)28-11-12-29-16-9-5-14(6-10-16)25(26)27/h3-10H,11-12H2,1-2H3,(H4,20,21,22,23). The van der Waals surface area contributed by atoms with Crippen LogP contribution >= 0.6 is 0 Å². The molecule has 0 saturated heterocycles. The zero-order chi connectivity index (χ0) is 21.0. The normalized spacial score (nSPS) is 15.3. The molecule has 4 N–H and O–H groups in total. The zero-order valence-corrected chi connectivity index (χ0v) is 16.1. The molecule has 1 aliphatic heterocycles. The smallest absolute Gasteiger partial charge is 0.269 e. The number of guanidine groups is 2. The van der Waals surface area contributed by atoms with Gasteiger partial charge in [0.05, 0.1) is 4.92 Å². The second-order valence-electron chi connectivity index (χ2n) is 6.71. The van der Waals surface area contributed by atoms with E-state index in [-0.39, 0.29) is 17.6 Å². The maximum atomic E-state index is 10.6. The van der Waals surface area contributed by atoms with Gasteiger partial charge in [-0.3, -0.25) is 15.0 Å². The minimum Gasteiger partial charge on any atom is -0.490 e. The molecule has 0 radical (unpaired) electrons. The van der Waals surface area contributed by atoms with E-state index in [1.807, 2.05) is 38.1 Å². The summed E-state index contributed by atoms with van der Waals surface area (Å²) in [5, 5.41) is 10.6. The van der Waals surface area contributed by atoms with Gasteiger partial charge in [0.25, 0.3) is 5.69 Å². The van der Waals surface area contributed by atoms with Gasteiger partial charge >= 0.3 is 0 Å². The van der Waals surface area contributed by atoms with E-state index in [0.717, 1.165) is 5.69 Å². The Morgan fingerprint density at radius 2 is 1.52 bits per heavy atom. The van der Waals surface area contributed by atoms with Crippen molar-refractivity contribution >= 4 is 23.3 Å². The molecule has 2 aromatic carbocycles. The van der Waals surface area contributed by atoms with Gasteiger partial charge in [0.2, 0.25) is 11.9 Å². The Morgan fingerprint density at radius 1 is 1.00 bits per heavy atom. The Labute approximate surface area is 167 Å². The van der Waals surface area contributed by atoms with Crippen LogP contribution in [0, 0.1) is 10.1 Å². The number of non-ortho nitro benzene ring substituents is 1. The van der Waals surface area contributed by atoms with Crippen LogP contribution in [0.3, 0.4) is 0 Å². The van der Waals surface area contributed by atoms with Gasteiger partial charge in [-0.1, -0.05) is 0 Å². The molecule has 152 valence electrons. The number of ether oxygens (including phenoxy) is 2. The lowest BCUT2D eigenvalue weighted by Gasteiger charge is -2.38. The SMILES string of the molecule is CC1(C)N=C(N)N=C(N)N1c1ccc(OCCOc2ccc([N+](=O)[O-])cc2)cc1. The van der Waals surface area contributed by atoms with E-state index in [0.29, 0.717) is 24.7 Å². The lowest BCUT2D eigenvalue weighted by atomic mass is 10.1. The Bertz CT molecular complexity index is 938. The minimum atomic E-state index is -0.656. The Morgan fingerprint density at radius 3 is 2.00 bits per heavy atom. The number of benzene rings is 2. The van der Waals surface area contributed by atoms with Crippen molar-refractivity contribution in [3.8, 4) is 11.5 Å². The van der Waals surface area contributed by atoms with Crippen molar-refractivity contribution in [3.63, 3.8) is 0 Å². The van der Waals surface area contributed by atoms with Crippen molar-refractivity contribution in [2.75, 3.05) is 18.1 Å². The predicted octanol–water partition coefficient (Wildman–Crippen LogP) is 2.24. The van der Waals surface area contributed by atoms with Gasteiger partial charge in [0.15, 0.2) is 0 Å². The first kappa shape index (κ1) is 19.9. The summed E-state index contributed by atoms with van der Waals surface area (Å²) in [7, 11) is 0. The van der Waals surface area contributed by atoms with Gasteiger partial charge in [-0.25, -0.2) is 4.99 Å². The molecular weight excluding hydrogens is 376 g/mol. The highest BCUT2D eigenvalue weighted by Gasteiger charge is 2.32. The number of aliphatic imine (C=N–C) groups is 2. The summed E-state index contributed by atoms with van der Waals surface area (Å²) < 4.78 is 11.2. The number of hydrogen-bond donors (Lipinski definition) is 2. The molecule has 0 aromatic heterocycles. The molecule has 0 atom stereocenters. The summed E-state index contributed by atoms with van der Waals surface area (Å²) in [4.78, 5) is 20.3.